The standard InChI is InChI=1S/C25H31N5O2S/c1-17-9-7-8-10-20(17)30-22(15-21(28-30)25(2,3)4)27-23(31)16-29(5)24(32)26-18-11-13-19(33-6)14-12-18/h7-15H,16H2,1-6H3,(H,26,32)(H,27,31). The molecule has 7 nitrogen and oxygen atoms in total. The second-order valence-electron chi connectivity index (χ2n) is 8.93. The molecule has 0 unspecified atom stereocenters. The van der Waals surface area contributed by atoms with Gasteiger partial charge in [0.15, 0.2) is 0 Å². The second-order valence-corrected chi connectivity index (χ2v) is 9.81. The molecule has 0 radical (unpaired) electrons. The number of benzene rings is 2. The fourth-order valence-corrected chi connectivity index (χ4v) is 3.59. The van der Waals surface area contributed by atoms with Crippen LogP contribution in [-0.2, 0) is 10.2 Å². The number of carbonyl (C=O) groups is 2. The minimum Gasteiger partial charge on any atom is -0.318 e. The molecule has 1 heterocycles. The molecule has 8 heteroatoms. The molecule has 0 saturated carbocycles. The summed E-state index contributed by atoms with van der Waals surface area (Å²) in [6, 6.07) is 17.0. The van der Waals surface area contributed by atoms with E-state index in [4.69, 9.17) is 5.10 Å². The average Bonchev–Trinajstić information content (AvgIpc) is 3.18. The van der Waals surface area contributed by atoms with Gasteiger partial charge in [-0.1, -0.05) is 39.0 Å². The van der Waals surface area contributed by atoms with E-state index in [9.17, 15) is 9.59 Å². The summed E-state index contributed by atoms with van der Waals surface area (Å²) in [6.07, 6.45) is 2.00. The molecule has 0 spiro atoms. The van der Waals surface area contributed by atoms with E-state index in [0.717, 1.165) is 21.8 Å². The van der Waals surface area contributed by atoms with E-state index in [1.807, 2.05) is 67.8 Å². The Balaban J connectivity index is 1.73. The first kappa shape index (κ1) is 24.4. The highest BCUT2D eigenvalue weighted by atomic mass is 32.2. The predicted octanol–water partition coefficient (Wildman–Crippen LogP) is 5.30. The van der Waals surface area contributed by atoms with Gasteiger partial charge < -0.3 is 15.5 Å². The number of carbonyl (C=O) groups excluding carboxylic acids is 2. The van der Waals surface area contributed by atoms with Gasteiger partial charge in [0.1, 0.15) is 12.4 Å². The second kappa shape index (κ2) is 10.1. The van der Waals surface area contributed by atoms with Crippen molar-refractivity contribution in [3.8, 4) is 5.69 Å². The first-order chi connectivity index (χ1) is 15.6. The highest BCUT2D eigenvalue weighted by molar-refractivity contribution is 7.98. The minimum absolute atomic E-state index is 0.0987. The minimum atomic E-state index is -0.357. The third kappa shape index (κ3) is 6.16. The number of thioether (sulfide) groups is 1. The zero-order valence-electron chi connectivity index (χ0n) is 20.0. The van der Waals surface area contributed by atoms with Crippen molar-refractivity contribution >= 4 is 35.2 Å². The van der Waals surface area contributed by atoms with Gasteiger partial charge in [-0.25, -0.2) is 9.48 Å². The largest absolute Gasteiger partial charge is 0.322 e. The number of hydrogen-bond acceptors (Lipinski definition) is 4. The van der Waals surface area contributed by atoms with Gasteiger partial charge in [-0.15, -0.1) is 11.8 Å². The number of nitrogens with zero attached hydrogens (tertiary/aromatic N) is 3. The van der Waals surface area contributed by atoms with Crippen molar-refractivity contribution < 1.29 is 9.59 Å². The molecule has 174 valence electrons. The molecule has 0 saturated heterocycles. The lowest BCUT2D eigenvalue weighted by Gasteiger charge is -2.18. The highest BCUT2D eigenvalue weighted by Crippen LogP contribution is 2.27. The molecular formula is C25H31N5O2S. The Hall–Kier alpha value is -3.26. The molecule has 1 aromatic heterocycles. The highest BCUT2D eigenvalue weighted by Gasteiger charge is 2.22. The number of likely N-dealkylation sites (N-methyl/N-ethyl adjacent to an activating group) is 1. The van der Waals surface area contributed by atoms with Gasteiger partial charge in [-0.2, -0.15) is 5.10 Å². The van der Waals surface area contributed by atoms with E-state index in [1.165, 1.54) is 4.90 Å². The summed E-state index contributed by atoms with van der Waals surface area (Å²) in [5.41, 5.74) is 3.29. The molecule has 2 aromatic carbocycles. The van der Waals surface area contributed by atoms with Crippen molar-refractivity contribution in [2.24, 2.45) is 0 Å². The van der Waals surface area contributed by atoms with Crippen molar-refractivity contribution in [1.82, 2.24) is 14.7 Å². The lowest BCUT2D eigenvalue weighted by molar-refractivity contribution is -0.116. The molecule has 0 fully saturated rings. The van der Waals surface area contributed by atoms with Crippen LogP contribution in [-0.4, -0.2) is 46.5 Å². The molecule has 3 rings (SSSR count). The average molecular weight is 466 g/mol. The molecular weight excluding hydrogens is 434 g/mol. The van der Waals surface area contributed by atoms with Crippen LogP contribution in [0.5, 0.6) is 0 Å². The smallest absolute Gasteiger partial charge is 0.318 e. The third-order valence-corrected chi connectivity index (χ3v) is 5.90. The molecule has 3 aromatic rings. The monoisotopic (exact) mass is 465 g/mol. The number of hydrogen-bond donors (Lipinski definition) is 2. The molecule has 0 aliphatic heterocycles. The summed E-state index contributed by atoms with van der Waals surface area (Å²) in [4.78, 5) is 27.8. The van der Waals surface area contributed by atoms with Gasteiger partial charge in [-0.05, 0) is 49.1 Å². The Morgan fingerprint density at radius 2 is 1.73 bits per heavy atom. The van der Waals surface area contributed by atoms with Crippen LogP contribution < -0.4 is 10.6 Å². The number of nitrogens with one attached hydrogen (secondary N) is 2. The Bertz CT molecular complexity index is 1130. The Kier molecular flexibility index (Phi) is 7.48. The van der Waals surface area contributed by atoms with Crippen molar-refractivity contribution in [2.75, 3.05) is 30.5 Å². The SMILES string of the molecule is CSc1ccc(NC(=O)N(C)CC(=O)Nc2cc(C(C)(C)C)nn2-c2ccccc2C)cc1. The van der Waals surface area contributed by atoms with E-state index >= 15 is 0 Å². The number of amides is 3. The normalized spacial score (nSPS) is 11.2. The fraction of sp³-hybridized carbons (Fsp3) is 0.320. The van der Waals surface area contributed by atoms with Crippen LogP contribution in [0.1, 0.15) is 32.0 Å². The van der Waals surface area contributed by atoms with Crippen LogP contribution >= 0.6 is 11.8 Å². The molecule has 0 atom stereocenters. The third-order valence-electron chi connectivity index (χ3n) is 5.16. The molecule has 2 N–H and O–H groups in total. The summed E-state index contributed by atoms with van der Waals surface area (Å²) in [7, 11) is 1.59. The lowest BCUT2D eigenvalue weighted by atomic mass is 9.92. The van der Waals surface area contributed by atoms with E-state index in [1.54, 1.807) is 23.5 Å². The quantitative estimate of drug-likeness (QED) is 0.484. The number of rotatable bonds is 6. The van der Waals surface area contributed by atoms with Gasteiger partial charge in [-0.3, -0.25) is 4.79 Å². The van der Waals surface area contributed by atoms with Crippen molar-refractivity contribution in [2.45, 2.75) is 38.0 Å². The maximum Gasteiger partial charge on any atom is 0.322 e. The summed E-state index contributed by atoms with van der Waals surface area (Å²) in [5, 5.41) is 10.5. The number of urea groups is 1. The number of aromatic nitrogens is 2. The maximum absolute atomic E-state index is 12.8. The van der Waals surface area contributed by atoms with Crippen LogP contribution in [0, 0.1) is 6.92 Å². The first-order valence-corrected chi connectivity index (χ1v) is 11.9. The fourth-order valence-electron chi connectivity index (χ4n) is 3.18. The van der Waals surface area contributed by atoms with Crippen LogP contribution in [0.25, 0.3) is 5.69 Å². The van der Waals surface area contributed by atoms with E-state index < -0.39 is 0 Å². The topological polar surface area (TPSA) is 79.3 Å². The zero-order chi connectivity index (χ0) is 24.2. The van der Waals surface area contributed by atoms with Crippen molar-refractivity contribution in [1.29, 1.82) is 0 Å². The summed E-state index contributed by atoms with van der Waals surface area (Å²) in [6.45, 7) is 8.13. The van der Waals surface area contributed by atoms with Gasteiger partial charge in [0.2, 0.25) is 5.91 Å². The van der Waals surface area contributed by atoms with Crippen LogP contribution in [0.3, 0.4) is 0 Å². The first-order valence-electron chi connectivity index (χ1n) is 10.7. The van der Waals surface area contributed by atoms with Gasteiger partial charge in [0.25, 0.3) is 0 Å². The summed E-state index contributed by atoms with van der Waals surface area (Å²) in [5.74, 6) is 0.265. The zero-order valence-corrected chi connectivity index (χ0v) is 20.8. The number of aryl methyl sites for hydroxylation is 1. The Morgan fingerprint density at radius 3 is 2.33 bits per heavy atom. The van der Waals surface area contributed by atoms with Crippen LogP contribution in [0.15, 0.2) is 59.5 Å². The molecule has 0 aliphatic carbocycles. The van der Waals surface area contributed by atoms with E-state index in [-0.39, 0.29) is 23.9 Å². The van der Waals surface area contributed by atoms with E-state index in [2.05, 4.69) is 31.4 Å². The van der Waals surface area contributed by atoms with Gasteiger partial charge in [0, 0.05) is 29.1 Å². The van der Waals surface area contributed by atoms with Crippen LogP contribution in [0.2, 0.25) is 0 Å². The molecule has 33 heavy (non-hydrogen) atoms. The predicted molar refractivity (Wildman–Crippen MR) is 136 cm³/mol. The number of para-hydroxylation sites is 1. The molecule has 0 aliphatic rings. The van der Waals surface area contributed by atoms with E-state index in [0.29, 0.717) is 11.5 Å². The van der Waals surface area contributed by atoms with Crippen molar-refractivity contribution in [3.63, 3.8) is 0 Å². The molecule has 3 amide bonds. The summed E-state index contributed by atoms with van der Waals surface area (Å²) >= 11 is 1.63. The lowest BCUT2D eigenvalue weighted by Crippen LogP contribution is -2.37. The van der Waals surface area contributed by atoms with Crippen molar-refractivity contribution in [3.05, 3.63) is 65.9 Å². The summed E-state index contributed by atoms with van der Waals surface area (Å²) < 4.78 is 1.75. The van der Waals surface area contributed by atoms with Crippen LogP contribution in [0.4, 0.5) is 16.3 Å². The molecule has 0 bridgehead atoms. The van der Waals surface area contributed by atoms with Gasteiger partial charge in [0.05, 0.1) is 11.4 Å². The maximum atomic E-state index is 12.8. The number of anilines is 2. The Morgan fingerprint density at radius 1 is 1.06 bits per heavy atom. The van der Waals surface area contributed by atoms with Gasteiger partial charge >= 0.3 is 6.03 Å². The Labute approximate surface area is 199 Å².